The Bertz CT molecular complexity index is 584. The van der Waals surface area contributed by atoms with Gasteiger partial charge in [0, 0.05) is 0 Å². The van der Waals surface area contributed by atoms with Gasteiger partial charge in [0.1, 0.15) is 12.9 Å². The van der Waals surface area contributed by atoms with Crippen LogP contribution in [0.1, 0.15) is 4.79 Å². The van der Waals surface area contributed by atoms with Crippen molar-refractivity contribution >= 4 is 23.0 Å². The Morgan fingerprint density at radius 2 is 2.40 bits per heavy atom. The summed E-state index contributed by atoms with van der Waals surface area (Å²) in [7, 11) is 0. The number of aromatic nitrogens is 4. The second-order valence-corrected chi connectivity index (χ2v) is 2.79. The molecule has 0 spiro atoms. The summed E-state index contributed by atoms with van der Waals surface area (Å²) in [4.78, 5) is 32.2. The molecule has 2 aromatic rings. The monoisotopic (exact) mass is 209 g/mol. The van der Waals surface area contributed by atoms with Crippen LogP contribution in [-0.2, 0) is 0 Å². The van der Waals surface area contributed by atoms with Crippen molar-refractivity contribution in [2.75, 3.05) is 12.3 Å². The van der Waals surface area contributed by atoms with E-state index < -0.39 is 18.1 Å². The Hall–Kier alpha value is -2.22. The SMILES string of the molecule is Nc1nc2c(ncn2C(=O)CO)c(=O)[nH]1. The number of nitrogen functional groups attached to an aromatic ring is 1. The van der Waals surface area contributed by atoms with Crippen molar-refractivity contribution in [2.45, 2.75) is 0 Å². The lowest BCUT2D eigenvalue weighted by atomic mass is 10.5. The van der Waals surface area contributed by atoms with Crippen LogP contribution in [0.5, 0.6) is 0 Å². The van der Waals surface area contributed by atoms with Gasteiger partial charge in [0.05, 0.1) is 0 Å². The highest BCUT2D eigenvalue weighted by atomic mass is 16.3. The van der Waals surface area contributed by atoms with Crippen LogP contribution in [0, 0.1) is 0 Å². The highest BCUT2D eigenvalue weighted by molar-refractivity contribution is 5.88. The average molecular weight is 209 g/mol. The third kappa shape index (κ3) is 1.36. The number of fused-ring (bicyclic) bond motifs is 1. The second-order valence-electron chi connectivity index (χ2n) is 2.79. The van der Waals surface area contributed by atoms with Gasteiger partial charge in [-0.15, -0.1) is 0 Å². The molecule has 0 aliphatic rings. The first kappa shape index (κ1) is 9.34. The number of aliphatic hydroxyl groups excluding tert-OH is 1. The molecule has 0 radical (unpaired) electrons. The molecule has 15 heavy (non-hydrogen) atoms. The fraction of sp³-hybridized carbons (Fsp3) is 0.143. The zero-order valence-corrected chi connectivity index (χ0v) is 7.47. The van der Waals surface area contributed by atoms with Crippen LogP contribution in [0.3, 0.4) is 0 Å². The minimum atomic E-state index is -0.695. The Labute approximate surface area is 82.4 Å². The smallest absolute Gasteiger partial charge is 0.280 e. The molecular formula is C7H7N5O3. The number of H-pyrrole nitrogens is 1. The van der Waals surface area contributed by atoms with Gasteiger partial charge in [0.2, 0.25) is 5.95 Å². The van der Waals surface area contributed by atoms with Crippen LogP contribution in [0.4, 0.5) is 5.95 Å². The van der Waals surface area contributed by atoms with Crippen molar-refractivity contribution in [3.8, 4) is 0 Å². The minimum absolute atomic E-state index is 0.00556. The lowest BCUT2D eigenvalue weighted by molar-refractivity contribution is 0.0823. The largest absolute Gasteiger partial charge is 0.387 e. The molecule has 0 atom stereocenters. The molecular weight excluding hydrogens is 202 g/mol. The van der Waals surface area contributed by atoms with Crippen molar-refractivity contribution in [1.29, 1.82) is 0 Å². The maximum Gasteiger partial charge on any atom is 0.280 e. The Kier molecular flexibility index (Phi) is 1.97. The van der Waals surface area contributed by atoms with Crippen molar-refractivity contribution in [2.24, 2.45) is 0 Å². The van der Waals surface area contributed by atoms with Crippen LogP contribution in [0.15, 0.2) is 11.1 Å². The number of carbonyl (C=O) groups excluding carboxylic acids is 1. The summed E-state index contributed by atoms with van der Waals surface area (Å²) >= 11 is 0. The molecule has 2 heterocycles. The molecule has 0 amide bonds. The van der Waals surface area contributed by atoms with Gasteiger partial charge in [-0.05, 0) is 0 Å². The van der Waals surface area contributed by atoms with E-state index >= 15 is 0 Å². The first-order valence-corrected chi connectivity index (χ1v) is 4.00. The lowest BCUT2D eigenvalue weighted by Gasteiger charge is -1.98. The number of aromatic amines is 1. The number of rotatable bonds is 1. The number of imidazole rings is 1. The lowest BCUT2D eigenvalue weighted by Crippen LogP contribution is -2.17. The first-order chi connectivity index (χ1) is 7.13. The van der Waals surface area contributed by atoms with Gasteiger partial charge >= 0.3 is 0 Å². The number of carbonyl (C=O) groups is 1. The van der Waals surface area contributed by atoms with Crippen LogP contribution in [-0.4, -0.2) is 37.1 Å². The summed E-state index contributed by atoms with van der Waals surface area (Å²) in [5.74, 6) is -0.741. The van der Waals surface area contributed by atoms with Crippen molar-refractivity contribution in [3.05, 3.63) is 16.7 Å². The van der Waals surface area contributed by atoms with E-state index in [1.807, 2.05) is 0 Å². The molecule has 0 saturated carbocycles. The topological polar surface area (TPSA) is 127 Å². The van der Waals surface area contributed by atoms with Crippen LogP contribution in [0.25, 0.3) is 11.2 Å². The molecule has 0 aliphatic carbocycles. The summed E-state index contributed by atoms with van der Waals surface area (Å²) < 4.78 is 0.973. The number of anilines is 1. The average Bonchev–Trinajstić information content (AvgIpc) is 2.60. The molecule has 0 aromatic carbocycles. The molecule has 78 valence electrons. The van der Waals surface area contributed by atoms with Crippen molar-refractivity contribution < 1.29 is 9.90 Å². The first-order valence-electron chi connectivity index (χ1n) is 4.00. The van der Waals surface area contributed by atoms with Crippen LogP contribution >= 0.6 is 0 Å². The van der Waals surface area contributed by atoms with Gasteiger partial charge in [-0.3, -0.25) is 19.1 Å². The summed E-state index contributed by atoms with van der Waals surface area (Å²) in [6, 6.07) is 0. The van der Waals surface area contributed by atoms with Gasteiger partial charge in [-0.25, -0.2) is 4.98 Å². The summed E-state index contributed by atoms with van der Waals surface area (Å²) in [6.07, 6.45) is 1.12. The Morgan fingerprint density at radius 1 is 1.67 bits per heavy atom. The van der Waals surface area contributed by atoms with Crippen molar-refractivity contribution in [3.63, 3.8) is 0 Å². The highest BCUT2D eigenvalue weighted by Gasteiger charge is 2.13. The second kappa shape index (κ2) is 3.17. The standard InChI is InChI=1S/C7H7N5O3/c8-7-10-5-4(6(15)11-7)9-2-12(5)3(14)1-13/h2,13H,1H2,(H3,8,10,11,15). The fourth-order valence-corrected chi connectivity index (χ4v) is 1.19. The third-order valence-electron chi connectivity index (χ3n) is 1.83. The van der Waals surface area contributed by atoms with E-state index in [9.17, 15) is 9.59 Å². The molecule has 0 fully saturated rings. The summed E-state index contributed by atoms with van der Waals surface area (Å²) in [5, 5.41) is 8.66. The maximum atomic E-state index is 11.3. The predicted octanol–water partition coefficient (Wildman–Crippen LogP) is -1.67. The third-order valence-corrected chi connectivity index (χ3v) is 1.83. The molecule has 8 nitrogen and oxygen atoms in total. The van der Waals surface area contributed by atoms with Gasteiger partial charge < -0.3 is 10.8 Å². The number of nitrogens with zero attached hydrogens (tertiary/aromatic N) is 3. The number of nitrogens with one attached hydrogen (secondary N) is 1. The maximum absolute atomic E-state index is 11.3. The van der Waals surface area contributed by atoms with Gasteiger partial charge in [-0.1, -0.05) is 0 Å². The van der Waals surface area contributed by atoms with E-state index in [1.165, 1.54) is 0 Å². The van der Waals surface area contributed by atoms with E-state index in [1.54, 1.807) is 0 Å². The Balaban J connectivity index is 2.80. The predicted molar refractivity (Wildman–Crippen MR) is 50.3 cm³/mol. The van der Waals surface area contributed by atoms with E-state index in [4.69, 9.17) is 10.8 Å². The molecule has 0 bridgehead atoms. The molecule has 0 saturated heterocycles. The van der Waals surface area contributed by atoms with Gasteiger partial charge in [-0.2, -0.15) is 4.98 Å². The number of aliphatic hydroxyl groups is 1. The van der Waals surface area contributed by atoms with E-state index in [0.29, 0.717) is 0 Å². The zero-order chi connectivity index (χ0) is 11.0. The van der Waals surface area contributed by atoms with Crippen LogP contribution < -0.4 is 11.3 Å². The zero-order valence-electron chi connectivity index (χ0n) is 7.47. The van der Waals surface area contributed by atoms with Crippen LogP contribution in [0.2, 0.25) is 0 Å². The number of hydrogen-bond donors (Lipinski definition) is 3. The molecule has 4 N–H and O–H groups in total. The molecule has 2 rings (SSSR count). The van der Waals surface area contributed by atoms with E-state index in [0.717, 1.165) is 10.9 Å². The van der Waals surface area contributed by atoms with E-state index in [-0.39, 0.29) is 17.1 Å². The number of nitrogens with two attached hydrogens (primary N) is 1. The summed E-state index contributed by atoms with van der Waals surface area (Å²) in [5.41, 5.74) is 4.83. The number of hydrogen-bond acceptors (Lipinski definition) is 6. The minimum Gasteiger partial charge on any atom is -0.387 e. The molecule has 0 unspecified atom stereocenters. The van der Waals surface area contributed by atoms with Gasteiger partial charge in [0.25, 0.3) is 11.5 Å². The normalized spacial score (nSPS) is 10.7. The van der Waals surface area contributed by atoms with Gasteiger partial charge in [0.15, 0.2) is 11.2 Å². The Morgan fingerprint density at radius 3 is 3.07 bits per heavy atom. The fourth-order valence-electron chi connectivity index (χ4n) is 1.19. The van der Waals surface area contributed by atoms with Crippen molar-refractivity contribution in [1.82, 2.24) is 19.5 Å². The highest BCUT2D eigenvalue weighted by Crippen LogP contribution is 2.05. The molecule has 8 heteroatoms. The van der Waals surface area contributed by atoms with E-state index in [2.05, 4.69) is 15.0 Å². The molecule has 2 aromatic heterocycles. The summed E-state index contributed by atoms with van der Waals surface area (Å²) in [6.45, 7) is -0.695. The quantitative estimate of drug-likeness (QED) is 0.515. The molecule has 0 aliphatic heterocycles.